The molecule has 0 aliphatic carbocycles. The Labute approximate surface area is 78.6 Å². The number of nitrogens with two attached hydrogens (primary N) is 1. The molecule has 0 aromatic carbocycles. The molecule has 0 saturated heterocycles. The van der Waals surface area contributed by atoms with Crippen molar-refractivity contribution in [3.63, 3.8) is 0 Å². The van der Waals surface area contributed by atoms with Crippen LogP contribution in [-0.2, 0) is 0 Å². The molecule has 0 saturated carbocycles. The fourth-order valence-electron chi connectivity index (χ4n) is 0.945. The number of nitrogens with zero attached hydrogens (tertiary/aromatic N) is 2. The predicted molar refractivity (Wildman–Crippen MR) is 54.6 cm³/mol. The van der Waals surface area contributed by atoms with Crippen LogP contribution in [-0.4, -0.2) is 15.5 Å². The maximum absolute atomic E-state index is 5.65. The fourth-order valence-corrected chi connectivity index (χ4v) is 0.945. The average molecular weight is 180 g/mol. The third kappa shape index (κ3) is 2.57. The van der Waals surface area contributed by atoms with Crippen molar-refractivity contribution in [1.82, 2.24) is 9.97 Å². The average Bonchev–Trinajstić information content (AvgIpc) is 1.96. The summed E-state index contributed by atoms with van der Waals surface area (Å²) in [7, 11) is 0. The van der Waals surface area contributed by atoms with Gasteiger partial charge in [-0.1, -0.05) is 0 Å². The van der Waals surface area contributed by atoms with Gasteiger partial charge in [0.25, 0.3) is 0 Å². The minimum Gasteiger partial charge on any atom is -0.383 e. The van der Waals surface area contributed by atoms with E-state index in [2.05, 4.69) is 36.1 Å². The van der Waals surface area contributed by atoms with Crippen LogP contribution in [0.15, 0.2) is 6.33 Å². The van der Waals surface area contributed by atoms with E-state index in [4.69, 9.17) is 5.73 Å². The lowest BCUT2D eigenvalue weighted by atomic mass is 10.1. The zero-order valence-electron chi connectivity index (χ0n) is 8.55. The first-order valence-corrected chi connectivity index (χ1v) is 4.25. The Morgan fingerprint density at radius 2 is 1.92 bits per heavy atom. The third-order valence-electron chi connectivity index (χ3n) is 1.62. The van der Waals surface area contributed by atoms with E-state index in [1.54, 1.807) is 0 Å². The Hall–Kier alpha value is -1.32. The summed E-state index contributed by atoms with van der Waals surface area (Å²) in [6.45, 7) is 8.13. The highest BCUT2D eigenvalue weighted by molar-refractivity contribution is 5.54. The lowest BCUT2D eigenvalue weighted by molar-refractivity contribution is 0.629. The van der Waals surface area contributed by atoms with Crippen molar-refractivity contribution in [2.45, 2.75) is 33.2 Å². The van der Waals surface area contributed by atoms with Crippen LogP contribution in [0.3, 0.4) is 0 Å². The van der Waals surface area contributed by atoms with Gasteiger partial charge < -0.3 is 11.1 Å². The molecule has 1 heterocycles. The molecule has 72 valence electrons. The Morgan fingerprint density at radius 3 is 2.46 bits per heavy atom. The molecule has 0 aliphatic rings. The number of hydrogen-bond donors (Lipinski definition) is 2. The van der Waals surface area contributed by atoms with Gasteiger partial charge in [-0.25, -0.2) is 9.97 Å². The van der Waals surface area contributed by atoms with E-state index in [1.807, 2.05) is 6.92 Å². The predicted octanol–water partition coefficient (Wildman–Crippen LogP) is 1.58. The highest BCUT2D eigenvalue weighted by Crippen LogP contribution is 2.18. The molecule has 1 aromatic rings. The Balaban J connectivity index is 2.96. The lowest BCUT2D eigenvalue weighted by Crippen LogP contribution is -2.27. The van der Waals surface area contributed by atoms with Crippen molar-refractivity contribution >= 4 is 11.6 Å². The second-order valence-corrected chi connectivity index (χ2v) is 4.11. The van der Waals surface area contributed by atoms with E-state index in [9.17, 15) is 0 Å². The van der Waals surface area contributed by atoms with Gasteiger partial charge in [0, 0.05) is 11.1 Å². The molecule has 0 unspecified atom stereocenters. The van der Waals surface area contributed by atoms with E-state index in [0.29, 0.717) is 5.82 Å². The number of nitrogen functional groups attached to an aromatic ring is 1. The topological polar surface area (TPSA) is 63.8 Å². The van der Waals surface area contributed by atoms with Gasteiger partial charge in [-0.05, 0) is 27.7 Å². The smallest absolute Gasteiger partial charge is 0.134 e. The highest BCUT2D eigenvalue weighted by Gasteiger charge is 2.12. The van der Waals surface area contributed by atoms with Crippen LogP contribution in [0.2, 0.25) is 0 Å². The number of aromatic nitrogens is 2. The summed E-state index contributed by atoms with van der Waals surface area (Å²) in [4.78, 5) is 8.02. The summed E-state index contributed by atoms with van der Waals surface area (Å²) >= 11 is 0. The molecule has 0 aliphatic heterocycles. The summed E-state index contributed by atoms with van der Waals surface area (Å²) in [5.74, 6) is 1.33. The molecule has 13 heavy (non-hydrogen) atoms. The first kappa shape index (κ1) is 9.77. The van der Waals surface area contributed by atoms with Crippen molar-refractivity contribution in [2.75, 3.05) is 11.1 Å². The SMILES string of the molecule is Cc1c(N)ncnc1NC(C)(C)C. The van der Waals surface area contributed by atoms with Crippen molar-refractivity contribution in [3.8, 4) is 0 Å². The van der Waals surface area contributed by atoms with Gasteiger partial charge in [0.2, 0.25) is 0 Å². The zero-order valence-corrected chi connectivity index (χ0v) is 8.55. The van der Waals surface area contributed by atoms with E-state index >= 15 is 0 Å². The second-order valence-electron chi connectivity index (χ2n) is 4.11. The molecule has 0 atom stereocenters. The van der Waals surface area contributed by atoms with Crippen molar-refractivity contribution in [1.29, 1.82) is 0 Å². The highest BCUT2D eigenvalue weighted by atomic mass is 15.1. The van der Waals surface area contributed by atoms with Gasteiger partial charge in [0.15, 0.2) is 0 Å². The summed E-state index contributed by atoms with van der Waals surface area (Å²) in [5.41, 5.74) is 6.54. The van der Waals surface area contributed by atoms with E-state index < -0.39 is 0 Å². The quantitative estimate of drug-likeness (QED) is 0.688. The second kappa shape index (κ2) is 3.20. The van der Waals surface area contributed by atoms with Crippen LogP contribution in [0.4, 0.5) is 11.6 Å². The first-order valence-electron chi connectivity index (χ1n) is 4.25. The Morgan fingerprint density at radius 1 is 1.31 bits per heavy atom. The fraction of sp³-hybridized carbons (Fsp3) is 0.556. The summed E-state index contributed by atoms with van der Waals surface area (Å²) < 4.78 is 0. The maximum atomic E-state index is 5.65. The van der Waals surface area contributed by atoms with Crippen molar-refractivity contribution < 1.29 is 0 Å². The molecule has 0 bridgehead atoms. The molecule has 3 N–H and O–H groups in total. The van der Waals surface area contributed by atoms with Gasteiger partial charge in [0.05, 0.1) is 0 Å². The zero-order chi connectivity index (χ0) is 10.1. The summed E-state index contributed by atoms with van der Waals surface area (Å²) in [5, 5.41) is 3.26. The van der Waals surface area contributed by atoms with Gasteiger partial charge in [-0.15, -0.1) is 0 Å². The molecule has 0 amide bonds. The monoisotopic (exact) mass is 180 g/mol. The van der Waals surface area contributed by atoms with E-state index in [-0.39, 0.29) is 5.54 Å². The molecular weight excluding hydrogens is 164 g/mol. The molecule has 4 heteroatoms. The molecule has 0 spiro atoms. The molecular formula is C9H16N4. The molecule has 0 radical (unpaired) electrons. The Bertz CT molecular complexity index is 301. The molecule has 1 aromatic heterocycles. The number of nitrogens with one attached hydrogen (secondary N) is 1. The van der Waals surface area contributed by atoms with Crippen LogP contribution in [0.5, 0.6) is 0 Å². The normalized spacial score (nSPS) is 11.4. The van der Waals surface area contributed by atoms with Gasteiger partial charge in [-0.2, -0.15) is 0 Å². The summed E-state index contributed by atoms with van der Waals surface area (Å²) in [6, 6.07) is 0. The van der Waals surface area contributed by atoms with Gasteiger partial charge >= 0.3 is 0 Å². The number of anilines is 2. The largest absolute Gasteiger partial charge is 0.383 e. The molecule has 0 fully saturated rings. The standard InChI is InChI=1S/C9H16N4/c1-6-7(10)11-5-12-8(6)13-9(2,3)4/h5H,1-4H3,(H3,10,11,12,13). The number of rotatable bonds is 1. The van der Waals surface area contributed by atoms with Crippen LogP contribution >= 0.6 is 0 Å². The van der Waals surface area contributed by atoms with E-state index in [0.717, 1.165) is 11.4 Å². The van der Waals surface area contributed by atoms with Gasteiger partial charge in [0.1, 0.15) is 18.0 Å². The lowest BCUT2D eigenvalue weighted by Gasteiger charge is -2.22. The van der Waals surface area contributed by atoms with Crippen LogP contribution in [0, 0.1) is 6.92 Å². The van der Waals surface area contributed by atoms with Crippen LogP contribution in [0.25, 0.3) is 0 Å². The maximum Gasteiger partial charge on any atom is 0.134 e. The first-order chi connectivity index (χ1) is 5.90. The molecule has 4 nitrogen and oxygen atoms in total. The van der Waals surface area contributed by atoms with E-state index in [1.165, 1.54) is 6.33 Å². The third-order valence-corrected chi connectivity index (χ3v) is 1.62. The number of hydrogen-bond acceptors (Lipinski definition) is 4. The van der Waals surface area contributed by atoms with Crippen molar-refractivity contribution in [2.24, 2.45) is 0 Å². The summed E-state index contributed by atoms with van der Waals surface area (Å²) in [6.07, 6.45) is 1.47. The Kier molecular flexibility index (Phi) is 2.40. The molecule has 1 rings (SSSR count). The van der Waals surface area contributed by atoms with Crippen LogP contribution in [0.1, 0.15) is 26.3 Å². The van der Waals surface area contributed by atoms with Gasteiger partial charge in [-0.3, -0.25) is 0 Å². The van der Waals surface area contributed by atoms with Crippen LogP contribution < -0.4 is 11.1 Å². The minimum absolute atomic E-state index is 0.00838. The minimum atomic E-state index is -0.00838. The van der Waals surface area contributed by atoms with Crippen molar-refractivity contribution in [3.05, 3.63) is 11.9 Å².